The number of carbonyl (C=O) groups is 1. The highest BCUT2D eigenvalue weighted by Gasteiger charge is 2.50. The fourth-order valence-electron chi connectivity index (χ4n) is 3.95. The summed E-state index contributed by atoms with van der Waals surface area (Å²) in [6, 6.07) is 18.0. The smallest absolute Gasteiger partial charge is 0.348 e. The van der Waals surface area contributed by atoms with E-state index in [0.717, 1.165) is 25.9 Å². The molecule has 1 N–H and O–H groups in total. The maximum Gasteiger partial charge on any atom is 0.348 e. The molecule has 0 spiro atoms. The molecule has 3 saturated heterocycles. The first-order chi connectivity index (χ1) is 12.5. The highest BCUT2D eigenvalue weighted by atomic mass is 79.9. The number of fused-ring (bicyclic) bond motifs is 3. The van der Waals surface area contributed by atoms with E-state index in [1.54, 1.807) is 24.3 Å². The number of alkyl halides is 1. The number of piperidine rings is 3. The molecule has 3 aliphatic heterocycles. The van der Waals surface area contributed by atoms with Gasteiger partial charge in [0.1, 0.15) is 6.10 Å². The number of halogens is 1. The number of aliphatic hydroxyl groups is 1. The number of benzene rings is 2. The molecule has 3 fully saturated rings. The number of hydrogen-bond acceptors (Lipinski definition) is 4. The van der Waals surface area contributed by atoms with Crippen molar-refractivity contribution in [3.63, 3.8) is 0 Å². The molecular weight excluding hydrogens is 394 g/mol. The van der Waals surface area contributed by atoms with Gasteiger partial charge in [-0.25, -0.2) is 4.79 Å². The van der Waals surface area contributed by atoms with Crippen molar-refractivity contribution < 1.29 is 14.6 Å². The number of hydrogen-bond donors (Lipinski definition) is 1. The van der Waals surface area contributed by atoms with Crippen molar-refractivity contribution in [3.05, 3.63) is 71.8 Å². The van der Waals surface area contributed by atoms with Crippen LogP contribution in [0.25, 0.3) is 0 Å². The lowest BCUT2D eigenvalue weighted by Crippen LogP contribution is -2.61. The van der Waals surface area contributed by atoms with Crippen LogP contribution in [0.4, 0.5) is 0 Å². The number of ether oxygens (including phenoxy) is 1. The van der Waals surface area contributed by atoms with Crippen molar-refractivity contribution in [2.45, 2.75) is 28.9 Å². The molecule has 0 saturated carbocycles. The lowest BCUT2D eigenvalue weighted by Gasteiger charge is -2.50. The molecule has 0 amide bonds. The number of rotatable bonds is 4. The molecule has 0 radical (unpaired) electrons. The Morgan fingerprint density at radius 2 is 1.54 bits per heavy atom. The Kier molecular flexibility index (Phi) is 4.63. The van der Waals surface area contributed by atoms with E-state index >= 15 is 0 Å². The first-order valence-electron chi connectivity index (χ1n) is 8.98. The summed E-state index contributed by atoms with van der Waals surface area (Å²) in [5.74, 6) is -0.618. The summed E-state index contributed by atoms with van der Waals surface area (Å²) in [6.45, 7) is 2.73. The van der Waals surface area contributed by atoms with Crippen LogP contribution in [0.5, 0.6) is 0 Å². The van der Waals surface area contributed by atoms with Crippen LogP contribution in [0.1, 0.15) is 24.0 Å². The van der Waals surface area contributed by atoms with Crippen LogP contribution in [-0.4, -0.2) is 46.0 Å². The maximum atomic E-state index is 13.2. The Balaban J connectivity index is 1.68. The van der Waals surface area contributed by atoms with Gasteiger partial charge in [0.15, 0.2) is 0 Å². The molecular formula is C21H22BrNO3. The van der Waals surface area contributed by atoms with Gasteiger partial charge in [-0.3, -0.25) is 4.90 Å². The average Bonchev–Trinajstić information content (AvgIpc) is 2.69. The van der Waals surface area contributed by atoms with Crippen molar-refractivity contribution in [3.8, 4) is 0 Å². The molecule has 2 aromatic rings. The molecule has 1 unspecified atom stereocenters. The summed E-state index contributed by atoms with van der Waals surface area (Å²) in [6.07, 6.45) is 1.62. The molecule has 1 atom stereocenters. The minimum Gasteiger partial charge on any atom is -0.457 e. The summed E-state index contributed by atoms with van der Waals surface area (Å²) in [5, 5.41) is 11.5. The van der Waals surface area contributed by atoms with E-state index in [1.807, 2.05) is 36.4 Å². The monoisotopic (exact) mass is 415 g/mol. The highest BCUT2D eigenvalue weighted by molar-refractivity contribution is 9.10. The zero-order valence-electron chi connectivity index (χ0n) is 14.5. The predicted molar refractivity (Wildman–Crippen MR) is 103 cm³/mol. The predicted octanol–water partition coefficient (Wildman–Crippen LogP) is 3.08. The first kappa shape index (κ1) is 17.7. The van der Waals surface area contributed by atoms with Crippen LogP contribution < -0.4 is 0 Å². The zero-order chi connectivity index (χ0) is 18.2. The van der Waals surface area contributed by atoms with Gasteiger partial charge in [0.25, 0.3) is 0 Å². The van der Waals surface area contributed by atoms with Gasteiger partial charge >= 0.3 is 5.97 Å². The van der Waals surface area contributed by atoms with E-state index in [1.165, 1.54) is 0 Å². The minimum absolute atomic E-state index is 0.189. The van der Waals surface area contributed by atoms with Gasteiger partial charge < -0.3 is 9.84 Å². The Morgan fingerprint density at radius 1 is 1.04 bits per heavy atom. The number of carbonyl (C=O) groups excluding carboxylic acids is 1. The first-order valence-corrected chi connectivity index (χ1v) is 9.77. The average molecular weight is 416 g/mol. The van der Waals surface area contributed by atoms with Gasteiger partial charge in [0.2, 0.25) is 5.60 Å². The molecule has 4 nitrogen and oxygen atoms in total. The molecule has 3 heterocycles. The largest absolute Gasteiger partial charge is 0.457 e. The van der Waals surface area contributed by atoms with Crippen LogP contribution in [0, 0.1) is 0 Å². The van der Waals surface area contributed by atoms with E-state index in [4.69, 9.17) is 4.74 Å². The normalized spacial score (nSPS) is 27.9. The third kappa shape index (κ3) is 2.98. The Hall–Kier alpha value is -1.69. The molecule has 2 aromatic carbocycles. The van der Waals surface area contributed by atoms with Gasteiger partial charge in [-0.1, -0.05) is 76.6 Å². The van der Waals surface area contributed by atoms with Crippen molar-refractivity contribution in [1.29, 1.82) is 0 Å². The van der Waals surface area contributed by atoms with Gasteiger partial charge in [-0.05, 0) is 37.1 Å². The Bertz CT molecular complexity index is 733. The van der Waals surface area contributed by atoms with Gasteiger partial charge in [-0.15, -0.1) is 0 Å². The SMILES string of the molecule is O=C(OC1CN2CCC1(Br)CC2)C(O)(c1ccccc1)c1ccccc1. The minimum atomic E-state index is -1.82. The topological polar surface area (TPSA) is 49.8 Å². The number of esters is 1. The Morgan fingerprint density at radius 3 is 2.00 bits per heavy atom. The standard InChI is InChI=1S/C21H22BrNO3/c22-20-11-13-23(14-12-20)15-18(20)26-19(24)21(25,16-7-3-1-4-8-16)17-9-5-2-6-10-17/h1-10,18,25H,11-15H2. The zero-order valence-corrected chi connectivity index (χ0v) is 16.1. The lowest BCUT2D eigenvalue weighted by atomic mass is 9.84. The van der Waals surface area contributed by atoms with Crippen molar-refractivity contribution in [2.75, 3.05) is 19.6 Å². The van der Waals surface area contributed by atoms with Crippen LogP contribution in [0.3, 0.4) is 0 Å². The van der Waals surface area contributed by atoms with Crippen molar-refractivity contribution in [2.24, 2.45) is 0 Å². The summed E-state index contributed by atoms with van der Waals surface area (Å²) in [4.78, 5) is 15.6. The van der Waals surface area contributed by atoms with Crippen molar-refractivity contribution >= 4 is 21.9 Å². The molecule has 136 valence electrons. The fourth-order valence-corrected chi connectivity index (χ4v) is 4.54. The molecule has 26 heavy (non-hydrogen) atoms. The Labute approximate surface area is 161 Å². The molecule has 0 aliphatic carbocycles. The van der Waals surface area contributed by atoms with Gasteiger partial charge in [-0.2, -0.15) is 0 Å². The van der Waals surface area contributed by atoms with Crippen LogP contribution in [-0.2, 0) is 15.1 Å². The molecule has 5 heteroatoms. The van der Waals surface area contributed by atoms with Crippen molar-refractivity contribution in [1.82, 2.24) is 4.90 Å². The summed E-state index contributed by atoms with van der Waals surface area (Å²) < 4.78 is 5.74. The van der Waals surface area contributed by atoms with E-state index in [2.05, 4.69) is 20.8 Å². The molecule has 0 aromatic heterocycles. The molecule has 3 aliphatic rings. The number of nitrogens with zero attached hydrogens (tertiary/aromatic N) is 1. The van der Waals surface area contributed by atoms with E-state index in [9.17, 15) is 9.90 Å². The second-order valence-electron chi connectivity index (χ2n) is 7.17. The quantitative estimate of drug-likeness (QED) is 0.615. The summed E-state index contributed by atoms with van der Waals surface area (Å²) in [7, 11) is 0. The fraction of sp³-hybridized carbons (Fsp3) is 0.381. The maximum absolute atomic E-state index is 13.2. The molecule has 2 bridgehead atoms. The highest BCUT2D eigenvalue weighted by Crippen LogP contribution is 2.42. The van der Waals surface area contributed by atoms with Gasteiger partial charge in [0.05, 0.1) is 4.32 Å². The van der Waals surface area contributed by atoms with Crippen LogP contribution in [0.2, 0.25) is 0 Å². The van der Waals surface area contributed by atoms with Crippen LogP contribution in [0.15, 0.2) is 60.7 Å². The summed E-state index contributed by atoms with van der Waals surface area (Å²) in [5.41, 5.74) is -0.792. The second-order valence-corrected chi connectivity index (χ2v) is 8.75. The van der Waals surface area contributed by atoms with Gasteiger partial charge in [0, 0.05) is 6.54 Å². The molecule has 5 rings (SSSR count). The third-order valence-corrected chi connectivity index (χ3v) is 6.92. The lowest BCUT2D eigenvalue weighted by molar-refractivity contribution is -0.174. The third-order valence-electron chi connectivity index (χ3n) is 5.62. The van der Waals surface area contributed by atoms with E-state index < -0.39 is 11.6 Å². The summed E-state index contributed by atoms with van der Waals surface area (Å²) >= 11 is 3.82. The van der Waals surface area contributed by atoms with Crippen LogP contribution >= 0.6 is 15.9 Å². The van der Waals surface area contributed by atoms with E-state index in [0.29, 0.717) is 17.7 Å². The second kappa shape index (κ2) is 6.80. The van der Waals surface area contributed by atoms with E-state index in [-0.39, 0.29) is 10.4 Å².